The number of carbonyl (C=O) groups is 2. The number of nitrogens with zero attached hydrogens (tertiary/aromatic N) is 2. The lowest BCUT2D eigenvalue weighted by Gasteiger charge is -2.27. The fraction of sp³-hybridized carbons (Fsp3) is 0.308. The smallest absolute Gasteiger partial charge is 0.295 e. The first kappa shape index (κ1) is 24.9. The quantitative estimate of drug-likeness (QED) is 0.249. The number of likely N-dealkylation sites (N-methyl/N-ethyl adjacent to an activating group) is 1. The van der Waals surface area contributed by atoms with E-state index in [1.54, 1.807) is 48.5 Å². The maximum Gasteiger partial charge on any atom is 0.295 e. The maximum atomic E-state index is 13.1. The van der Waals surface area contributed by atoms with E-state index in [1.807, 2.05) is 19.0 Å². The van der Waals surface area contributed by atoms with Gasteiger partial charge in [-0.1, -0.05) is 18.7 Å². The van der Waals surface area contributed by atoms with Crippen molar-refractivity contribution in [3.8, 4) is 17.2 Å². The van der Waals surface area contributed by atoms with Crippen LogP contribution in [0, 0.1) is 0 Å². The highest BCUT2D eigenvalue weighted by Crippen LogP contribution is 2.41. The molecule has 2 aromatic rings. The van der Waals surface area contributed by atoms with Crippen LogP contribution in [-0.4, -0.2) is 74.6 Å². The highest BCUT2D eigenvalue weighted by atomic mass is 16.5. The van der Waals surface area contributed by atoms with Gasteiger partial charge in [0, 0.05) is 18.7 Å². The predicted molar refractivity (Wildman–Crippen MR) is 129 cm³/mol. The molecule has 1 saturated heterocycles. The molecule has 0 aromatic heterocycles. The van der Waals surface area contributed by atoms with Gasteiger partial charge in [0.05, 0.1) is 25.8 Å². The number of benzene rings is 2. The first-order valence-electron chi connectivity index (χ1n) is 10.8. The molecular weight excluding hydrogens is 436 g/mol. The Bertz CT molecular complexity index is 1090. The van der Waals surface area contributed by atoms with E-state index in [0.717, 1.165) is 0 Å². The van der Waals surface area contributed by atoms with Crippen LogP contribution in [0.4, 0.5) is 0 Å². The number of Topliss-reactive ketones (excluding diaryl/α,β-unsaturated/α-hetero) is 1. The summed E-state index contributed by atoms with van der Waals surface area (Å²) in [4.78, 5) is 29.6. The topological polar surface area (TPSA) is 88.5 Å². The normalized spacial score (nSPS) is 17.2. The molecule has 8 heteroatoms. The van der Waals surface area contributed by atoms with Crippen molar-refractivity contribution in [1.82, 2.24) is 9.80 Å². The van der Waals surface area contributed by atoms with E-state index in [4.69, 9.17) is 14.2 Å². The molecule has 1 N–H and O–H groups in total. The lowest BCUT2D eigenvalue weighted by Crippen LogP contribution is -2.35. The second kappa shape index (κ2) is 10.9. The molecule has 1 heterocycles. The number of aliphatic hydroxyl groups is 1. The van der Waals surface area contributed by atoms with Crippen molar-refractivity contribution >= 4 is 17.4 Å². The number of rotatable bonds is 10. The lowest BCUT2D eigenvalue weighted by molar-refractivity contribution is -0.140. The fourth-order valence-electron chi connectivity index (χ4n) is 3.81. The molecule has 0 unspecified atom stereocenters. The number of hydrogen-bond donors (Lipinski definition) is 1. The van der Waals surface area contributed by atoms with Gasteiger partial charge in [0.1, 0.15) is 18.1 Å². The van der Waals surface area contributed by atoms with Crippen molar-refractivity contribution in [3.63, 3.8) is 0 Å². The molecule has 1 aliphatic heterocycles. The minimum atomic E-state index is -0.781. The molecule has 3 rings (SSSR count). The van der Waals surface area contributed by atoms with E-state index in [0.29, 0.717) is 48.1 Å². The fourth-order valence-corrected chi connectivity index (χ4v) is 3.81. The lowest BCUT2D eigenvalue weighted by atomic mass is 9.95. The number of likely N-dealkylation sites (tertiary alicyclic amines) is 1. The molecule has 180 valence electrons. The van der Waals surface area contributed by atoms with Crippen molar-refractivity contribution in [2.75, 3.05) is 48.0 Å². The van der Waals surface area contributed by atoms with Gasteiger partial charge in [-0.2, -0.15) is 0 Å². The second-order valence-electron chi connectivity index (χ2n) is 8.03. The maximum absolute atomic E-state index is 13.1. The van der Waals surface area contributed by atoms with E-state index < -0.39 is 17.7 Å². The van der Waals surface area contributed by atoms with Gasteiger partial charge < -0.3 is 29.1 Å². The third-order valence-electron chi connectivity index (χ3n) is 5.55. The van der Waals surface area contributed by atoms with E-state index in [9.17, 15) is 14.7 Å². The molecule has 8 nitrogen and oxygen atoms in total. The van der Waals surface area contributed by atoms with Crippen LogP contribution in [-0.2, 0) is 9.59 Å². The number of ether oxygens (including phenoxy) is 3. The van der Waals surface area contributed by atoms with Crippen LogP contribution in [0.15, 0.2) is 60.7 Å². The largest absolute Gasteiger partial charge is 0.507 e. The summed E-state index contributed by atoms with van der Waals surface area (Å²) < 4.78 is 16.2. The monoisotopic (exact) mass is 466 g/mol. The zero-order chi connectivity index (χ0) is 24.8. The molecule has 0 aliphatic carbocycles. The van der Waals surface area contributed by atoms with Crippen molar-refractivity contribution in [2.24, 2.45) is 0 Å². The summed E-state index contributed by atoms with van der Waals surface area (Å²) >= 11 is 0. The highest BCUT2D eigenvalue weighted by molar-refractivity contribution is 6.46. The van der Waals surface area contributed by atoms with Gasteiger partial charge >= 0.3 is 0 Å². The molecule has 0 bridgehead atoms. The Hall–Kier alpha value is -3.78. The summed E-state index contributed by atoms with van der Waals surface area (Å²) in [5, 5.41) is 11.2. The van der Waals surface area contributed by atoms with Gasteiger partial charge in [-0.05, 0) is 56.1 Å². The summed E-state index contributed by atoms with van der Waals surface area (Å²) in [6.07, 6.45) is 1.63. The molecule has 2 aromatic carbocycles. The average Bonchev–Trinajstić information content (AvgIpc) is 3.10. The van der Waals surface area contributed by atoms with Gasteiger partial charge in [-0.25, -0.2) is 0 Å². The molecule has 34 heavy (non-hydrogen) atoms. The molecule has 1 atom stereocenters. The zero-order valence-electron chi connectivity index (χ0n) is 19.9. The SMILES string of the molecule is C=CCOc1ccc(/C(O)=C2\C(=O)C(=O)N(CCN(C)C)[C@@H]2c2ccc(OC)c(OC)c2)cc1. The zero-order valence-corrected chi connectivity index (χ0v) is 19.9. The van der Waals surface area contributed by atoms with Crippen LogP contribution >= 0.6 is 0 Å². The Morgan fingerprint density at radius 2 is 1.76 bits per heavy atom. The number of amides is 1. The number of aliphatic hydroxyl groups excluding tert-OH is 1. The molecule has 1 amide bonds. The number of ketones is 1. The van der Waals surface area contributed by atoms with Crippen LogP contribution in [0.1, 0.15) is 17.2 Å². The van der Waals surface area contributed by atoms with Crippen molar-refractivity contribution < 1.29 is 28.9 Å². The predicted octanol–water partition coefficient (Wildman–Crippen LogP) is 3.25. The van der Waals surface area contributed by atoms with Crippen molar-refractivity contribution in [2.45, 2.75) is 6.04 Å². The standard InChI is InChI=1S/C26H30N2O6/c1-6-15-34-19-10-7-17(8-11-19)24(29)22-23(18-9-12-20(32-4)21(16-18)33-5)28(14-13-27(2)3)26(31)25(22)30/h6-12,16,23,29H,1,13-15H2,2-5H3/b24-22+/t23-/m1/s1. The first-order valence-corrected chi connectivity index (χ1v) is 10.8. The molecular formula is C26H30N2O6. The summed E-state index contributed by atoms with van der Waals surface area (Å²) in [5.41, 5.74) is 1.06. The molecule has 0 spiro atoms. The van der Waals surface area contributed by atoms with Crippen LogP contribution in [0.5, 0.6) is 17.2 Å². The van der Waals surface area contributed by atoms with E-state index in [-0.39, 0.29) is 11.3 Å². The minimum Gasteiger partial charge on any atom is -0.507 e. The van der Waals surface area contributed by atoms with E-state index in [1.165, 1.54) is 19.1 Å². The van der Waals surface area contributed by atoms with Crippen LogP contribution in [0.3, 0.4) is 0 Å². The number of methoxy groups -OCH3 is 2. The Balaban J connectivity index is 2.11. The Labute approximate surface area is 199 Å². The summed E-state index contributed by atoms with van der Waals surface area (Å²) in [6, 6.07) is 11.1. The van der Waals surface area contributed by atoms with Gasteiger partial charge in [0.15, 0.2) is 11.5 Å². The minimum absolute atomic E-state index is 0.0238. The van der Waals surface area contributed by atoms with Gasteiger partial charge in [-0.15, -0.1) is 0 Å². The van der Waals surface area contributed by atoms with Crippen LogP contribution < -0.4 is 14.2 Å². The van der Waals surface area contributed by atoms with Crippen molar-refractivity contribution in [1.29, 1.82) is 0 Å². The van der Waals surface area contributed by atoms with E-state index >= 15 is 0 Å². The van der Waals surface area contributed by atoms with Crippen molar-refractivity contribution in [3.05, 3.63) is 71.8 Å². The Morgan fingerprint density at radius 3 is 2.35 bits per heavy atom. The number of hydrogen-bond acceptors (Lipinski definition) is 7. The van der Waals surface area contributed by atoms with Gasteiger partial charge in [0.25, 0.3) is 11.7 Å². The Morgan fingerprint density at radius 1 is 1.09 bits per heavy atom. The third-order valence-corrected chi connectivity index (χ3v) is 5.55. The number of carbonyl (C=O) groups excluding carboxylic acids is 2. The average molecular weight is 467 g/mol. The van der Waals surface area contributed by atoms with Crippen LogP contribution in [0.25, 0.3) is 5.76 Å². The summed E-state index contributed by atoms with van der Waals surface area (Å²) in [7, 11) is 6.82. The highest BCUT2D eigenvalue weighted by Gasteiger charge is 2.46. The second-order valence-corrected chi connectivity index (χ2v) is 8.03. The van der Waals surface area contributed by atoms with Gasteiger partial charge in [0.2, 0.25) is 0 Å². The molecule has 1 fully saturated rings. The van der Waals surface area contributed by atoms with Gasteiger partial charge in [-0.3, -0.25) is 9.59 Å². The summed E-state index contributed by atoms with van der Waals surface area (Å²) in [6.45, 7) is 4.82. The first-order chi connectivity index (χ1) is 16.3. The molecule has 0 saturated carbocycles. The summed E-state index contributed by atoms with van der Waals surface area (Å²) in [5.74, 6) is -0.0641. The van der Waals surface area contributed by atoms with E-state index in [2.05, 4.69) is 6.58 Å². The third kappa shape index (κ3) is 5.07. The Kier molecular flexibility index (Phi) is 7.96. The molecule has 1 aliphatic rings. The molecule has 0 radical (unpaired) electrons. The van der Waals surface area contributed by atoms with Crippen LogP contribution in [0.2, 0.25) is 0 Å².